The van der Waals surface area contributed by atoms with Crippen LogP contribution in [0.1, 0.15) is 35.8 Å². The van der Waals surface area contributed by atoms with Gasteiger partial charge in [0.2, 0.25) is 0 Å². The molecule has 1 unspecified atom stereocenters. The minimum Gasteiger partial charge on any atom is -0.392 e. The van der Waals surface area contributed by atoms with Gasteiger partial charge in [0.1, 0.15) is 0 Å². The number of aromatic nitrogens is 1. The van der Waals surface area contributed by atoms with Gasteiger partial charge in [-0.3, -0.25) is 9.78 Å². The van der Waals surface area contributed by atoms with Gasteiger partial charge < -0.3 is 11.1 Å². The second-order valence-electron chi connectivity index (χ2n) is 5.05. The van der Waals surface area contributed by atoms with Crippen molar-refractivity contribution in [2.45, 2.75) is 32.7 Å². The van der Waals surface area contributed by atoms with Crippen molar-refractivity contribution in [2.75, 3.05) is 0 Å². The van der Waals surface area contributed by atoms with Crippen LogP contribution in [0.3, 0.4) is 0 Å². The maximum Gasteiger partial charge on any atom is 0.252 e. The summed E-state index contributed by atoms with van der Waals surface area (Å²) in [6, 6.07) is 9.12. The van der Waals surface area contributed by atoms with Gasteiger partial charge in [-0.05, 0) is 25.5 Å². The lowest BCUT2D eigenvalue weighted by atomic mass is 10.1. The Morgan fingerprint density at radius 1 is 1.43 bits per heavy atom. The van der Waals surface area contributed by atoms with Crippen LogP contribution in [-0.4, -0.2) is 21.9 Å². The molecule has 1 aromatic heterocycles. The lowest BCUT2D eigenvalue weighted by Crippen LogP contribution is -2.43. The molecule has 2 rings (SSSR count). The van der Waals surface area contributed by atoms with Crippen molar-refractivity contribution in [1.82, 2.24) is 10.3 Å². The molecular weight excluding hydrogens is 282 g/mol. The monoisotopic (exact) mass is 301 g/mol. The number of carbonyl (C=O) groups excluding carboxylic acids is 1. The molecular formula is C16H19N3OS. The van der Waals surface area contributed by atoms with Crippen molar-refractivity contribution in [3.63, 3.8) is 0 Å². The van der Waals surface area contributed by atoms with Crippen LogP contribution in [0.4, 0.5) is 0 Å². The summed E-state index contributed by atoms with van der Waals surface area (Å²) in [6.45, 7) is 3.91. The average Bonchev–Trinajstić information content (AvgIpc) is 2.45. The normalized spacial score (nSPS) is 12.1. The molecule has 1 aromatic carbocycles. The number of benzene rings is 1. The number of nitrogens with two attached hydrogens (primary N) is 1. The first-order chi connectivity index (χ1) is 10.0. The number of carbonyl (C=O) groups is 1. The highest BCUT2D eigenvalue weighted by molar-refractivity contribution is 7.80. The molecule has 1 atom stereocenters. The molecule has 21 heavy (non-hydrogen) atoms. The van der Waals surface area contributed by atoms with Gasteiger partial charge in [0.05, 0.1) is 22.1 Å². The first-order valence-corrected chi connectivity index (χ1v) is 7.40. The zero-order chi connectivity index (χ0) is 15.4. The Morgan fingerprint density at radius 3 is 2.81 bits per heavy atom. The SMILES string of the molecule is CCCC(NC(=O)c1cc(C)nc2ccccc12)C(N)=S. The zero-order valence-electron chi connectivity index (χ0n) is 12.2. The Labute approximate surface area is 129 Å². The largest absolute Gasteiger partial charge is 0.392 e. The highest BCUT2D eigenvalue weighted by atomic mass is 32.1. The molecule has 110 valence electrons. The molecule has 2 aromatic rings. The van der Waals surface area contributed by atoms with Crippen LogP contribution in [0.5, 0.6) is 0 Å². The van der Waals surface area contributed by atoms with Gasteiger partial charge in [0.15, 0.2) is 0 Å². The summed E-state index contributed by atoms with van der Waals surface area (Å²) in [6.07, 6.45) is 1.64. The number of nitrogens with one attached hydrogen (secondary N) is 1. The molecule has 5 heteroatoms. The molecule has 0 aliphatic rings. The van der Waals surface area contributed by atoms with Gasteiger partial charge in [-0.25, -0.2) is 0 Å². The van der Waals surface area contributed by atoms with Crippen molar-refractivity contribution in [2.24, 2.45) is 5.73 Å². The maximum atomic E-state index is 12.5. The van der Waals surface area contributed by atoms with E-state index in [1.54, 1.807) is 6.07 Å². The topological polar surface area (TPSA) is 68.0 Å². The molecule has 0 saturated heterocycles. The second kappa shape index (κ2) is 6.63. The van der Waals surface area contributed by atoms with E-state index in [9.17, 15) is 4.79 Å². The standard InChI is InChI=1S/C16H19N3OS/c1-3-6-14(15(17)21)19-16(20)12-9-10(2)18-13-8-5-4-7-11(12)13/h4-5,7-9,14H,3,6H2,1-2H3,(H2,17,21)(H,19,20). The van der Waals surface area contributed by atoms with E-state index < -0.39 is 0 Å². The molecule has 1 heterocycles. The number of pyridine rings is 1. The van der Waals surface area contributed by atoms with E-state index in [4.69, 9.17) is 18.0 Å². The molecule has 0 spiro atoms. The summed E-state index contributed by atoms with van der Waals surface area (Å²) in [5.74, 6) is -0.164. The smallest absolute Gasteiger partial charge is 0.252 e. The number of thiocarbonyl (C=S) groups is 1. The van der Waals surface area contributed by atoms with E-state index in [2.05, 4.69) is 10.3 Å². The number of aryl methyl sites for hydroxylation is 1. The first kappa shape index (κ1) is 15.4. The fraction of sp³-hybridized carbons (Fsp3) is 0.312. The minimum atomic E-state index is -0.273. The number of hydrogen-bond donors (Lipinski definition) is 2. The van der Waals surface area contributed by atoms with E-state index in [1.165, 1.54) is 0 Å². The summed E-state index contributed by atoms with van der Waals surface area (Å²) < 4.78 is 0. The van der Waals surface area contributed by atoms with Gasteiger partial charge in [-0.15, -0.1) is 0 Å². The Balaban J connectivity index is 2.37. The van der Waals surface area contributed by atoms with Crippen LogP contribution in [-0.2, 0) is 0 Å². The van der Waals surface area contributed by atoms with E-state index >= 15 is 0 Å². The molecule has 1 amide bonds. The lowest BCUT2D eigenvalue weighted by Gasteiger charge is -2.17. The van der Waals surface area contributed by atoms with Gasteiger partial charge in [-0.1, -0.05) is 43.8 Å². The quantitative estimate of drug-likeness (QED) is 0.833. The van der Waals surface area contributed by atoms with Crippen LogP contribution in [0.25, 0.3) is 10.9 Å². The Morgan fingerprint density at radius 2 is 2.14 bits per heavy atom. The third kappa shape index (κ3) is 3.55. The number of nitrogens with zero attached hydrogens (tertiary/aromatic N) is 1. The zero-order valence-corrected chi connectivity index (χ0v) is 13.0. The van der Waals surface area contributed by atoms with Crippen molar-refractivity contribution in [3.05, 3.63) is 41.6 Å². The van der Waals surface area contributed by atoms with Crippen LogP contribution in [0, 0.1) is 6.92 Å². The first-order valence-electron chi connectivity index (χ1n) is 6.99. The van der Waals surface area contributed by atoms with Crippen LogP contribution in [0.15, 0.2) is 30.3 Å². The Kier molecular flexibility index (Phi) is 4.85. The average molecular weight is 301 g/mol. The molecule has 0 aliphatic carbocycles. The Bertz CT molecular complexity index is 684. The fourth-order valence-corrected chi connectivity index (χ4v) is 2.48. The van der Waals surface area contributed by atoms with Crippen LogP contribution >= 0.6 is 12.2 Å². The third-order valence-corrected chi connectivity index (χ3v) is 3.60. The number of rotatable bonds is 5. The van der Waals surface area contributed by atoms with Crippen LogP contribution < -0.4 is 11.1 Å². The van der Waals surface area contributed by atoms with E-state index in [1.807, 2.05) is 38.1 Å². The van der Waals surface area contributed by atoms with Crippen molar-refractivity contribution >= 4 is 34.0 Å². The number of amides is 1. The second-order valence-corrected chi connectivity index (χ2v) is 5.52. The highest BCUT2D eigenvalue weighted by Crippen LogP contribution is 2.18. The third-order valence-electron chi connectivity index (χ3n) is 3.31. The van der Waals surface area contributed by atoms with Crippen molar-refractivity contribution in [3.8, 4) is 0 Å². The molecule has 0 fully saturated rings. The number of fused-ring (bicyclic) bond motifs is 1. The minimum absolute atomic E-state index is 0.164. The lowest BCUT2D eigenvalue weighted by molar-refractivity contribution is 0.0947. The molecule has 0 bridgehead atoms. The molecule has 3 N–H and O–H groups in total. The maximum absolute atomic E-state index is 12.5. The molecule has 0 saturated carbocycles. The summed E-state index contributed by atoms with van der Waals surface area (Å²) in [5.41, 5.74) is 7.92. The summed E-state index contributed by atoms with van der Waals surface area (Å²) in [7, 11) is 0. The summed E-state index contributed by atoms with van der Waals surface area (Å²) >= 11 is 5.02. The molecule has 4 nitrogen and oxygen atoms in total. The summed E-state index contributed by atoms with van der Waals surface area (Å²) in [5, 5.41) is 3.75. The van der Waals surface area contributed by atoms with Crippen molar-refractivity contribution < 1.29 is 4.79 Å². The van der Waals surface area contributed by atoms with E-state index in [0.717, 1.165) is 29.4 Å². The predicted octanol–water partition coefficient (Wildman–Crippen LogP) is 2.73. The number of hydrogen-bond acceptors (Lipinski definition) is 3. The van der Waals surface area contributed by atoms with Gasteiger partial charge >= 0.3 is 0 Å². The van der Waals surface area contributed by atoms with E-state index in [-0.39, 0.29) is 11.9 Å². The van der Waals surface area contributed by atoms with Gasteiger partial charge in [0.25, 0.3) is 5.91 Å². The summed E-state index contributed by atoms with van der Waals surface area (Å²) in [4.78, 5) is 17.3. The highest BCUT2D eigenvalue weighted by Gasteiger charge is 2.17. The number of para-hydroxylation sites is 1. The van der Waals surface area contributed by atoms with Gasteiger partial charge in [0, 0.05) is 11.1 Å². The van der Waals surface area contributed by atoms with Crippen LogP contribution in [0.2, 0.25) is 0 Å². The molecule has 0 radical (unpaired) electrons. The fourth-order valence-electron chi connectivity index (χ4n) is 2.31. The van der Waals surface area contributed by atoms with Gasteiger partial charge in [-0.2, -0.15) is 0 Å². The van der Waals surface area contributed by atoms with Crippen molar-refractivity contribution in [1.29, 1.82) is 0 Å². The molecule has 0 aliphatic heterocycles. The Hall–Kier alpha value is -2.01. The van der Waals surface area contributed by atoms with E-state index in [0.29, 0.717) is 10.6 Å². The predicted molar refractivity (Wildman–Crippen MR) is 89.4 cm³/mol.